The lowest BCUT2D eigenvalue weighted by molar-refractivity contribution is -0.0119. The van der Waals surface area contributed by atoms with Gasteiger partial charge in [0.05, 0.1) is 6.10 Å². The summed E-state index contributed by atoms with van der Waals surface area (Å²) in [4.78, 5) is 2.41. The van der Waals surface area contributed by atoms with Crippen molar-refractivity contribution in [2.75, 3.05) is 7.05 Å². The molecule has 2 atom stereocenters. The zero-order chi connectivity index (χ0) is 10.9. The largest absolute Gasteiger partial charge is 0.393 e. The van der Waals surface area contributed by atoms with Gasteiger partial charge in [0, 0.05) is 12.1 Å². The van der Waals surface area contributed by atoms with E-state index in [2.05, 4.69) is 39.6 Å². The van der Waals surface area contributed by atoms with Gasteiger partial charge in [-0.2, -0.15) is 0 Å². The van der Waals surface area contributed by atoms with Gasteiger partial charge in [-0.3, -0.25) is 0 Å². The maximum atomic E-state index is 9.72. The van der Waals surface area contributed by atoms with Crippen molar-refractivity contribution in [1.82, 2.24) is 4.90 Å². The average molecular weight is 199 g/mol. The lowest BCUT2D eigenvalue weighted by Crippen LogP contribution is -2.50. The fraction of sp³-hybridized carbons (Fsp3) is 1.00. The molecule has 0 radical (unpaired) electrons. The van der Waals surface area contributed by atoms with Gasteiger partial charge in [0.1, 0.15) is 0 Å². The molecule has 0 aromatic rings. The van der Waals surface area contributed by atoms with E-state index < -0.39 is 0 Å². The van der Waals surface area contributed by atoms with Crippen LogP contribution >= 0.6 is 0 Å². The molecule has 84 valence electrons. The Morgan fingerprint density at radius 3 is 2.43 bits per heavy atom. The summed E-state index contributed by atoms with van der Waals surface area (Å²) in [7, 11) is 2.18. The zero-order valence-corrected chi connectivity index (χ0v) is 10.2. The molecular weight excluding hydrogens is 174 g/mol. The Bertz CT molecular complexity index is 189. The van der Waals surface area contributed by atoms with Gasteiger partial charge in [0.15, 0.2) is 0 Å². The third-order valence-corrected chi connectivity index (χ3v) is 3.83. The van der Waals surface area contributed by atoms with Gasteiger partial charge in [-0.1, -0.05) is 13.8 Å². The third kappa shape index (κ3) is 2.48. The van der Waals surface area contributed by atoms with Crippen molar-refractivity contribution in [2.45, 2.75) is 65.1 Å². The smallest absolute Gasteiger partial charge is 0.0555 e. The molecule has 0 saturated heterocycles. The minimum Gasteiger partial charge on any atom is -0.393 e. The van der Waals surface area contributed by atoms with Crippen molar-refractivity contribution < 1.29 is 5.11 Å². The minimum absolute atomic E-state index is 0.0887. The van der Waals surface area contributed by atoms with E-state index in [0.717, 1.165) is 19.3 Å². The summed E-state index contributed by atoms with van der Waals surface area (Å²) in [6.07, 6.45) is 2.95. The van der Waals surface area contributed by atoms with Gasteiger partial charge in [-0.25, -0.2) is 0 Å². The molecule has 2 heteroatoms. The highest BCUT2D eigenvalue weighted by Crippen LogP contribution is 2.38. The topological polar surface area (TPSA) is 23.5 Å². The Labute approximate surface area is 88.3 Å². The van der Waals surface area contributed by atoms with Crippen molar-refractivity contribution in [2.24, 2.45) is 5.41 Å². The lowest BCUT2D eigenvalue weighted by Gasteiger charge is -2.47. The third-order valence-electron chi connectivity index (χ3n) is 3.83. The normalized spacial score (nSPS) is 32.6. The molecule has 0 spiro atoms. The van der Waals surface area contributed by atoms with E-state index >= 15 is 0 Å². The van der Waals surface area contributed by atoms with Crippen LogP contribution in [0.3, 0.4) is 0 Å². The molecule has 1 fully saturated rings. The fourth-order valence-electron chi connectivity index (χ4n) is 2.48. The van der Waals surface area contributed by atoms with E-state index in [1.807, 2.05) is 0 Å². The molecule has 2 nitrogen and oxygen atoms in total. The quantitative estimate of drug-likeness (QED) is 0.737. The summed E-state index contributed by atoms with van der Waals surface area (Å²) in [5, 5.41) is 9.72. The first-order valence-corrected chi connectivity index (χ1v) is 5.74. The number of hydrogen-bond acceptors (Lipinski definition) is 2. The second kappa shape index (κ2) is 4.19. The molecule has 1 aliphatic carbocycles. The van der Waals surface area contributed by atoms with Crippen LogP contribution in [-0.4, -0.2) is 35.2 Å². The molecule has 1 rings (SSSR count). The highest BCUT2D eigenvalue weighted by atomic mass is 16.3. The molecule has 0 aliphatic heterocycles. The monoisotopic (exact) mass is 199 g/mol. The van der Waals surface area contributed by atoms with Crippen molar-refractivity contribution in [3.8, 4) is 0 Å². The van der Waals surface area contributed by atoms with Gasteiger partial charge in [0.25, 0.3) is 0 Å². The number of rotatable bonds is 2. The van der Waals surface area contributed by atoms with Gasteiger partial charge in [-0.15, -0.1) is 0 Å². The Balaban J connectivity index is 2.71. The molecule has 0 bridgehead atoms. The van der Waals surface area contributed by atoms with Crippen molar-refractivity contribution in [1.29, 1.82) is 0 Å². The van der Waals surface area contributed by atoms with Crippen LogP contribution in [0.4, 0.5) is 0 Å². The molecule has 1 N–H and O–H groups in total. The van der Waals surface area contributed by atoms with Crippen LogP contribution in [0.25, 0.3) is 0 Å². The van der Waals surface area contributed by atoms with Crippen LogP contribution in [0, 0.1) is 5.41 Å². The zero-order valence-electron chi connectivity index (χ0n) is 10.2. The summed E-state index contributed by atoms with van der Waals surface area (Å²) in [5.41, 5.74) is 0.345. The van der Waals surface area contributed by atoms with Crippen LogP contribution in [0.15, 0.2) is 0 Å². The molecular formula is C12H25NO. The highest BCUT2D eigenvalue weighted by Gasteiger charge is 2.38. The molecule has 0 aromatic carbocycles. The fourth-order valence-corrected chi connectivity index (χ4v) is 2.48. The molecule has 1 aliphatic rings. The number of aliphatic hydroxyl groups excluding tert-OH is 1. The highest BCUT2D eigenvalue weighted by molar-refractivity contribution is 4.92. The summed E-state index contributed by atoms with van der Waals surface area (Å²) in [5.74, 6) is 0. The average Bonchev–Trinajstić information content (AvgIpc) is 2.08. The van der Waals surface area contributed by atoms with Gasteiger partial charge < -0.3 is 10.0 Å². The van der Waals surface area contributed by atoms with Crippen molar-refractivity contribution >= 4 is 0 Å². The Morgan fingerprint density at radius 2 is 1.93 bits per heavy atom. The van der Waals surface area contributed by atoms with Crippen LogP contribution in [0.2, 0.25) is 0 Å². The maximum absolute atomic E-state index is 9.72. The Morgan fingerprint density at radius 1 is 1.36 bits per heavy atom. The first-order valence-electron chi connectivity index (χ1n) is 5.74. The standard InChI is InChI=1S/C12H25NO/c1-9(2)13(5)11-8-10(14)6-7-12(11,3)4/h9-11,14H,6-8H2,1-5H3. The molecule has 0 aromatic heterocycles. The van der Waals surface area contributed by atoms with Crippen LogP contribution in [-0.2, 0) is 0 Å². The molecule has 0 heterocycles. The van der Waals surface area contributed by atoms with Gasteiger partial charge in [0.2, 0.25) is 0 Å². The van der Waals surface area contributed by atoms with E-state index in [4.69, 9.17) is 0 Å². The number of aliphatic hydroxyl groups is 1. The predicted octanol–water partition coefficient (Wildman–Crippen LogP) is 2.27. The summed E-state index contributed by atoms with van der Waals surface area (Å²) in [6, 6.07) is 1.08. The number of nitrogens with zero attached hydrogens (tertiary/aromatic N) is 1. The number of hydrogen-bond donors (Lipinski definition) is 1. The molecule has 14 heavy (non-hydrogen) atoms. The molecule has 2 unspecified atom stereocenters. The van der Waals surface area contributed by atoms with E-state index in [0.29, 0.717) is 17.5 Å². The van der Waals surface area contributed by atoms with Crippen LogP contribution in [0.1, 0.15) is 47.0 Å². The van der Waals surface area contributed by atoms with Crippen LogP contribution < -0.4 is 0 Å². The van der Waals surface area contributed by atoms with Crippen LogP contribution in [0.5, 0.6) is 0 Å². The van der Waals surface area contributed by atoms with Crippen molar-refractivity contribution in [3.05, 3.63) is 0 Å². The first kappa shape index (κ1) is 12.0. The second-order valence-corrected chi connectivity index (χ2v) is 5.69. The van der Waals surface area contributed by atoms with E-state index in [-0.39, 0.29) is 6.10 Å². The van der Waals surface area contributed by atoms with Crippen molar-refractivity contribution in [3.63, 3.8) is 0 Å². The minimum atomic E-state index is -0.0887. The summed E-state index contributed by atoms with van der Waals surface area (Å²) < 4.78 is 0. The summed E-state index contributed by atoms with van der Waals surface area (Å²) >= 11 is 0. The molecule has 0 amide bonds. The van der Waals surface area contributed by atoms with E-state index in [1.165, 1.54) is 0 Å². The summed E-state index contributed by atoms with van der Waals surface area (Å²) in [6.45, 7) is 9.08. The lowest BCUT2D eigenvalue weighted by atomic mass is 9.71. The first-order chi connectivity index (χ1) is 6.34. The molecule has 1 saturated carbocycles. The van der Waals surface area contributed by atoms with Gasteiger partial charge >= 0.3 is 0 Å². The SMILES string of the molecule is CC(C)N(C)C1CC(O)CCC1(C)C. The Kier molecular flexibility index (Phi) is 3.59. The van der Waals surface area contributed by atoms with E-state index in [1.54, 1.807) is 0 Å². The Hall–Kier alpha value is -0.0800. The van der Waals surface area contributed by atoms with E-state index in [9.17, 15) is 5.11 Å². The maximum Gasteiger partial charge on any atom is 0.0555 e. The van der Waals surface area contributed by atoms with Gasteiger partial charge in [-0.05, 0) is 45.6 Å². The predicted molar refractivity (Wildman–Crippen MR) is 60.3 cm³/mol. The second-order valence-electron chi connectivity index (χ2n) is 5.69.